The molecule has 1 atom stereocenters. The lowest BCUT2D eigenvalue weighted by Crippen LogP contribution is -2.24. The number of pyridine rings is 1. The van der Waals surface area contributed by atoms with Crippen LogP contribution in [0.15, 0.2) is 36.7 Å². The molecule has 0 saturated carbocycles. The summed E-state index contributed by atoms with van der Waals surface area (Å²) >= 11 is 0. The third-order valence-electron chi connectivity index (χ3n) is 3.71. The van der Waals surface area contributed by atoms with E-state index in [1.54, 1.807) is 6.20 Å². The minimum Gasteiger partial charge on any atom is -0.493 e. The van der Waals surface area contributed by atoms with Crippen LogP contribution >= 0.6 is 0 Å². The fourth-order valence-electron chi connectivity index (χ4n) is 2.75. The molecule has 0 saturated heterocycles. The number of hydrogen-bond acceptors (Lipinski definition) is 3. The van der Waals surface area contributed by atoms with Gasteiger partial charge in [0.1, 0.15) is 11.6 Å². The Morgan fingerprint density at radius 3 is 3.10 bits per heavy atom. The second kappa shape index (κ2) is 6.22. The van der Waals surface area contributed by atoms with Crippen LogP contribution in [0.2, 0.25) is 0 Å². The van der Waals surface area contributed by atoms with E-state index in [4.69, 9.17) is 4.74 Å². The van der Waals surface area contributed by atoms with Gasteiger partial charge in [0, 0.05) is 18.2 Å². The van der Waals surface area contributed by atoms with Gasteiger partial charge in [0.05, 0.1) is 18.8 Å². The molecule has 0 amide bonds. The fourth-order valence-corrected chi connectivity index (χ4v) is 2.75. The highest BCUT2D eigenvalue weighted by molar-refractivity contribution is 5.48. The van der Waals surface area contributed by atoms with Gasteiger partial charge in [-0.3, -0.25) is 4.98 Å². The van der Waals surface area contributed by atoms with Crippen molar-refractivity contribution in [3.05, 3.63) is 59.2 Å². The molecular weight excluding hydrogens is 267 g/mol. The molecule has 1 aliphatic rings. The number of hydrogen-bond donors (Lipinski definition) is 1. The topological polar surface area (TPSA) is 34.2 Å². The van der Waals surface area contributed by atoms with E-state index in [-0.39, 0.29) is 11.9 Å². The summed E-state index contributed by atoms with van der Waals surface area (Å²) in [5.41, 5.74) is 3.11. The van der Waals surface area contributed by atoms with Crippen LogP contribution in [0.3, 0.4) is 0 Å². The number of rotatable bonds is 5. The molecule has 0 fully saturated rings. The number of halogens is 1. The zero-order chi connectivity index (χ0) is 14.7. The smallest absolute Gasteiger partial charge is 0.141 e. The highest BCUT2D eigenvalue weighted by Gasteiger charge is 2.23. The number of para-hydroxylation sites is 1. The quantitative estimate of drug-likeness (QED) is 0.916. The molecule has 2 heterocycles. The summed E-state index contributed by atoms with van der Waals surface area (Å²) in [5.74, 6) is 0.625. The first-order valence-electron chi connectivity index (χ1n) is 7.38. The third-order valence-corrected chi connectivity index (χ3v) is 3.71. The molecule has 0 aliphatic carbocycles. The minimum absolute atomic E-state index is 0.0961. The zero-order valence-corrected chi connectivity index (χ0v) is 12.1. The van der Waals surface area contributed by atoms with Gasteiger partial charge >= 0.3 is 0 Å². The Bertz CT molecular complexity index is 630. The van der Waals surface area contributed by atoms with Crippen molar-refractivity contribution in [3.63, 3.8) is 0 Å². The summed E-state index contributed by atoms with van der Waals surface area (Å²) < 4.78 is 19.3. The summed E-state index contributed by atoms with van der Waals surface area (Å²) in [4.78, 5) is 3.98. The molecule has 1 N–H and O–H groups in total. The lowest BCUT2D eigenvalue weighted by molar-refractivity contribution is 0.350. The van der Waals surface area contributed by atoms with Crippen LogP contribution < -0.4 is 10.1 Å². The highest BCUT2D eigenvalue weighted by atomic mass is 19.1. The van der Waals surface area contributed by atoms with Crippen LogP contribution in [0.1, 0.15) is 36.1 Å². The van der Waals surface area contributed by atoms with Crippen molar-refractivity contribution in [2.45, 2.75) is 25.8 Å². The number of nitrogens with zero attached hydrogens (tertiary/aromatic N) is 1. The molecular formula is C17H19FN2O. The number of ether oxygens (including phenoxy) is 1. The molecule has 0 radical (unpaired) electrons. The Morgan fingerprint density at radius 2 is 2.29 bits per heavy atom. The fraction of sp³-hybridized carbons (Fsp3) is 0.353. The van der Waals surface area contributed by atoms with Gasteiger partial charge in [-0.2, -0.15) is 0 Å². The standard InChI is InChI=1S/C17H19FN2O/c1-2-7-20-16(13-9-14(18)11-19-10-13)15-5-3-4-12-6-8-21-17(12)15/h3-5,9-11,16,20H,2,6-8H2,1H3. The summed E-state index contributed by atoms with van der Waals surface area (Å²) in [7, 11) is 0. The highest BCUT2D eigenvalue weighted by Crippen LogP contribution is 2.36. The molecule has 4 heteroatoms. The van der Waals surface area contributed by atoms with Crippen LogP contribution in [0, 0.1) is 5.82 Å². The summed E-state index contributed by atoms with van der Waals surface area (Å²) in [5, 5.41) is 3.47. The Morgan fingerprint density at radius 1 is 1.38 bits per heavy atom. The van der Waals surface area contributed by atoms with Gasteiger partial charge in [-0.15, -0.1) is 0 Å². The van der Waals surface area contributed by atoms with E-state index in [0.29, 0.717) is 6.61 Å². The zero-order valence-electron chi connectivity index (χ0n) is 12.1. The van der Waals surface area contributed by atoms with Crippen molar-refractivity contribution in [3.8, 4) is 5.75 Å². The van der Waals surface area contributed by atoms with Crippen molar-refractivity contribution in [2.75, 3.05) is 13.2 Å². The van der Waals surface area contributed by atoms with Gasteiger partial charge in [-0.25, -0.2) is 4.39 Å². The number of benzene rings is 1. The van der Waals surface area contributed by atoms with Gasteiger partial charge in [0.25, 0.3) is 0 Å². The molecule has 1 aromatic carbocycles. The summed E-state index contributed by atoms with van der Waals surface area (Å²) in [6.07, 6.45) is 4.89. The SMILES string of the molecule is CCCNC(c1cncc(F)c1)c1cccc2c1OCC2. The first-order valence-corrected chi connectivity index (χ1v) is 7.38. The van der Waals surface area contributed by atoms with Crippen molar-refractivity contribution in [1.82, 2.24) is 10.3 Å². The largest absolute Gasteiger partial charge is 0.493 e. The maximum absolute atomic E-state index is 13.5. The molecule has 2 aromatic rings. The predicted molar refractivity (Wildman–Crippen MR) is 80.0 cm³/mol. The van der Waals surface area contributed by atoms with E-state index in [2.05, 4.69) is 23.3 Å². The molecule has 3 nitrogen and oxygen atoms in total. The number of fused-ring (bicyclic) bond motifs is 1. The van der Waals surface area contributed by atoms with Gasteiger partial charge in [-0.05, 0) is 30.2 Å². The van der Waals surface area contributed by atoms with Crippen LogP contribution in [-0.4, -0.2) is 18.1 Å². The van der Waals surface area contributed by atoms with E-state index < -0.39 is 0 Å². The molecule has 110 valence electrons. The van der Waals surface area contributed by atoms with E-state index in [1.807, 2.05) is 12.1 Å². The predicted octanol–water partition coefficient (Wildman–Crippen LogP) is 3.24. The molecule has 21 heavy (non-hydrogen) atoms. The third kappa shape index (κ3) is 2.90. The Labute approximate surface area is 124 Å². The maximum Gasteiger partial charge on any atom is 0.141 e. The second-order valence-corrected chi connectivity index (χ2v) is 5.26. The number of nitrogens with one attached hydrogen (secondary N) is 1. The van der Waals surface area contributed by atoms with Crippen LogP contribution in [-0.2, 0) is 6.42 Å². The average molecular weight is 286 g/mol. The van der Waals surface area contributed by atoms with Crippen molar-refractivity contribution in [1.29, 1.82) is 0 Å². The van der Waals surface area contributed by atoms with Crippen LogP contribution in [0.5, 0.6) is 5.75 Å². The van der Waals surface area contributed by atoms with E-state index >= 15 is 0 Å². The molecule has 1 unspecified atom stereocenters. The first kappa shape index (κ1) is 14.0. The lowest BCUT2D eigenvalue weighted by atomic mass is 9.96. The van der Waals surface area contributed by atoms with Crippen molar-refractivity contribution >= 4 is 0 Å². The minimum atomic E-state index is -0.315. The average Bonchev–Trinajstić information content (AvgIpc) is 2.97. The van der Waals surface area contributed by atoms with Gasteiger partial charge in [0.2, 0.25) is 0 Å². The molecule has 1 aromatic heterocycles. The second-order valence-electron chi connectivity index (χ2n) is 5.26. The summed E-state index contributed by atoms with van der Waals surface area (Å²) in [6, 6.07) is 7.61. The molecule has 0 bridgehead atoms. The Hall–Kier alpha value is -1.94. The number of aromatic nitrogens is 1. The van der Waals surface area contributed by atoms with Gasteiger partial charge in [-0.1, -0.05) is 25.1 Å². The first-order chi connectivity index (χ1) is 10.3. The summed E-state index contributed by atoms with van der Waals surface area (Å²) in [6.45, 7) is 3.68. The lowest BCUT2D eigenvalue weighted by Gasteiger charge is -2.21. The van der Waals surface area contributed by atoms with E-state index in [0.717, 1.165) is 36.3 Å². The molecule has 3 rings (SSSR count). The van der Waals surface area contributed by atoms with Gasteiger partial charge in [0.15, 0.2) is 0 Å². The monoisotopic (exact) mass is 286 g/mol. The van der Waals surface area contributed by atoms with Crippen molar-refractivity contribution < 1.29 is 9.13 Å². The van der Waals surface area contributed by atoms with Crippen LogP contribution in [0.25, 0.3) is 0 Å². The van der Waals surface area contributed by atoms with E-state index in [1.165, 1.54) is 17.8 Å². The molecule has 0 spiro atoms. The molecule has 1 aliphatic heterocycles. The normalized spacial score (nSPS) is 14.6. The van der Waals surface area contributed by atoms with E-state index in [9.17, 15) is 4.39 Å². The Balaban J connectivity index is 2.02. The Kier molecular flexibility index (Phi) is 4.15. The van der Waals surface area contributed by atoms with Crippen molar-refractivity contribution in [2.24, 2.45) is 0 Å². The van der Waals surface area contributed by atoms with Crippen LogP contribution in [0.4, 0.5) is 4.39 Å². The maximum atomic E-state index is 13.5. The van der Waals surface area contributed by atoms with Gasteiger partial charge < -0.3 is 10.1 Å².